The summed E-state index contributed by atoms with van der Waals surface area (Å²) in [5.41, 5.74) is 4.88. The third kappa shape index (κ3) is 6.49. The number of hydrogen-bond donors (Lipinski definition) is 1. The molecule has 1 saturated heterocycles. The smallest absolute Gasteiger partial charge is 0.397 e. The summed E-state index contributed by atoms with van der Waals surface area (Å²) in [6, 6.07) is 2.66. The molecule has 0 aromatic heterocycles. The monoisotopic (exact) mass is 448 g/mol. The van der Waals surface area contributed by atoms with Crippen molar-refractivity contribution in [2.75, 3.05) is 25.4 Å². The predicted molar refractivity (Wildman–Crippen MR) is 106 cm³/mol. The zero-order valence-corrected chi connectivity index (χ0v) is 17.5. The first kappa shape index (κ1) is 22.2. The Morgan fingerprint density at radius 2 is 1.96 bits per heavy atom. The van der Waals surface area contributed by atoms with Gasteiger partial charge in [0.05, 0.1) is 11.3 Å². The zero-order valence-electron chi connectivity index (χ0n) is 15.9. The maximum Gasteiger partial charge on any atom is 0.418 e. The lowest BCUT2D eigenvalue weighted by molar-refractivity contribution is -0.137. The minimum Gasteiger partial charge on any atom is -0.397 e. The molecular weight excluding hydrogens is 421 g/mol. The molecule has 152 valence electrons. The van der Waals surface area contributed by atoms with Gasteiger partial charge >= 0.3 is 6.18 Å². The van der Waals surface area contributed by atoms with Gasteiger partial charge in [-0.25, -0.2) is 0 Å². The van der Waals surface area contributed by atoms with Crippen molar-refractivity contribution < 1.29 is 18.0 Å². The number of piperidine rings is 1. The average Bonchev–Trinajstić information content (AvgIpc) is 2.57. The lowest BCUT2D eigenvalue weighted by Gasteiger charge is -2.30. The summed E-state index contributed by atoms with van der Waals surface area (Å²) in [7, 11) is 0. The standard InChI is InChI=1S/C20H28BrF3N2O/c1-13-5-8-26(9-6-13)7-3-4-16(14(2)27)10-15-11-17(20(22,23)24)19(25)18(21)12-15/h11-13,16H,3-10,25H2,1-2H3/t16-/m1/s1. The molecule has 1 atom stereocenters. The highest BCUT2D eigenvalue weighted by atomic mass is 79.9. The van der Waals surface area contributed by atoms with Crippen LogP contribution in [0, 0.1) is 11.8 Å². The molecule has 1 aliphatic heterocycles. The fraction of sp³-hybridized carbons (Fsp3) is 0.650. The van der Waals surface area contributed by atoms with E-state index >= 15 is 0 Å². The number of nitrogen functional groups attached to an aromatic ring is 1. The van der Waals surface area contributed by atoms with Gasteiger partial charge in [-0.2, -0.15) is 13.2 Å². The highest BCUT2D eigenvalue weighted by Crippen LogP contribution is 2.38. The van der Waals surface area contributed by atoms with E-state index in [1.165, 1.54) is 19.8 Å². The molecule has 1 aliphatic rings. The Bertz CT molecular complexity index is 655. The van der Waals surface area contributed by atoms with Gasteiger partial charge in [-0.05, 0) is 98.2 Å². The van der Waals surface area contributed by atoms with Crippen LogP contribution in [-0.2, 0) is 17.4 Å². The number of likely N-dealkylation sites (tertiary alicyclic amines) is 1. The Morgan fingerprint density at radius 3 is 2.52 bits per heavy atom. The first-order valence-corrected chi connectivity index (χ1v) is 10.2. The summed E-state index contributed by atoms with van der Waals surface area (Å²) < 4.78 is 39.7. The topological polar surface area (TPSA) is 46.3 Å². The quantitative estimate of drug-likeness (QED) is 0.574. The van der Waals surface area contributed by atoms with E-state index in [0.717, 1.165) is 38.0 Å². The molecule has 2 N–H and O–H groups in total. The second kappa shape index (κ2) is 9.41. The summed E-state index contributed by atoms with van der Waals surface area (Å²) in [6.07, 6.45) is -0.245. The Kier molecular flexibility index (Phi) is 7.74. The molecule has 7 heteroatoms. The molecule has 3 nitrogen and oxygen atoms in total. The van der Waals surface area contributed by atoms with E-state index in [0.29, 0.717) is 18.4 Å². The lowest BCUT2D eigenvalue weighted by atomic mass is 9.90. The van der Waals surface area contributed by atoms with E-state index in [-0.39, 0.29) is 21.9 Å². The van der Waals surface area contributed by atoms with E-state index in [2.05, 4.69) is 27.8 Å². The highest BCUT2D eigenvalue weighted by Gasteiger charge is 2.34. The summed E-state index contributed by atoms with van der Waals surface area (Å²) in [5, 5.41) is 0. The molecule has 27 heavy (non-hydrogen) atoms. The minimum absolute atomic E-state index is 0.0174. The number of Topliss-reactive ketones (excluding diaryl/α,β-unsaturated/α-hetero) is 1. The molecular formula is C20H28BrF3N2O. The Hall–Kier alpha value is -1.08. The number of nitrogens with zero attached hydrogens (tertiary/aromatic N) is 1. The van der Waals surface area contributed by atoms with Crippen molar-refractivity contribution in [2.24, 2.45) is 11.8 Å². The number of halogens is 4. The van der Waals surface area contributed by atoms with Gasteiger partial charge in [0, 0.05) is 10.4 Å². The van der Waals surface area contributed by atoms with E-state index in [1.807, 2.05) is 0 Å². The molecule has 1 aromatic rings. The first-order chi connectivity index (χ1) is 12.6. The number of rotatable bonds is 7. The molecule has 0 spiro atoms. The Morgan fingerprint density at radius 1 is 1.33 bits per heavy atom. The van der Waals surface area contributed by atoms with Crippen LogP contribution in [0.2, 0.25) is 0 Å². The van der Waals surface area contributed by atoms with Crippen molar-refractivity contribution in [3.8, 4) is 0 Å². The number of benzene rings is 1. The van der Waals surface area contributed by atoms with Crippen molar-refractivity contribution in [2.45, 2.75) is 52.1 Å². The van der Waals surface area contributed by atoms with Gasteiger partial charge in [0.15, 0.2) is 0 Å². The number of carbonyl (C=O) groups excluding carboxylic acids is 1. The molecule has 0 bridgehead atoms. The van der Waals surface area contributed by atoms with Crippen molar-refractivity contribution >= 4 is 27.4 Å². The second-order valence-electron chi connectivity index (χ2n) is 7.71. The van der Waals surface area contributed by atoms with Gasteiger partial charge in [0.2, 0.25) is 0 Å². The van der Waals surface area contributed by atoms with Crippen LogP contribution in [0.3, 0.4) is 0 Å². The summed E-state index contributed by atoms with van der Waals surface area (Å²) in [4.78, 5) is 14.5. The lowest BCUT2D eigenvalue weighted by Crippen LogP contribution is -2.34. The Labute approximate surface area is 167 Å². The van der Waals surface area contributed by atoms with Crippen molar-refractivity contribution in [1.29, 1.82) is 0 Å². The molecule has 2 rings (SSSR count). The fourth-order valence-corrected chi connectivity index (χ4v) is 4.11. The van der Waals surface area contributed by atoms with Gasteiger partial charge in [-0.15, -0.1) is 0 Å². The van der Waals surface area contributed by atoms with E-state index in [4.69, 9.17) is 5.73 Å². The molecule has 1 aromatic carbocycles. The summed E-state index contributed by atoms with van der Waals surface area (Å²) in [6.45, 7) is 6.90. The molecule has 0 amide bonds. The van der Waals surface area contributed by atoms with Gasteiger partial charge in [0.25, 0.3) is 0 Å². The third-order valence-electron chi connectivity index (χ3n) is 5.45. The predicted octanol–water partition coefficient (Wildman–Crippen LogP) is 5.31. The van der Waals surface area contributed by atoms with Crippen LogP contribution in [-0.4, -0.2) is 30.3 Å². The van der Waals surface area contributed by atoms with E-state index in [1.54, 1.807) is 6.07 Å². The molecule has 0 saturated carbocycles. The maximum absolute atomic E-state index is 13.2. The molecule has 0 aliphatic carbocycles. The van der Waals surface area contributed by atoms with Gasteiger partial charge in [-0.3, -0.25) is 4.79 Å². The Balaban J connectivity index is 1.99. The van der Waals surface area contributed by atoms with Crippen molar-refractivity contribution in [3.63, 3.8) is 0 Å². The van der Waals surface area contributed by atoms with Crippen LogP contribution in [0.25, 0.3) is 0 Å². The largest absolute Gasteiger partial charge is 0.418 e. The number of ketones is 1. The fourth-order valence-electron chi connectivity index (χ4n) is 3.61. The molecule has 0 unspecified atom stereocenters. The van der Waals surface area contributed by atoms with Crippen LogP contribution in [0.15, 0.2) is 16.6 Å². The van der Waals surface area contributed by atoms with Crippen LogP contribution in [0.5, 0.6) is 0 Å². The number of alkyl halides is 3. The van der Waals surface area contributed by atoms with E-state index < -0.39 is 11.7 Å². The average molecular weight is 449 g/mol. The summed E-state index contributed by atoms with van der Waals surface area (Å²) in [5.74, 6) is 0.520. The molecule has 1 heterocycles. The van der Waals surface area contributed by atoms with Crippen LogP contribution in [0.1, 0.15) is 50.7 Å². The summed E-state index contributed by atoms with van der Waals surface area (Å²) >= 11 is 3.11. The normalized spacial score (nSPS) is 17.9. The SMILES string of the molecule is CC(=O)[C@H](CCCN1CCC(C)CC1)Cc1cc(Br)c(N)c(C(F)(F)F)c1. The van der Waals surface area contributed by atoms with E-state index in [9.17, 15) is 18.0 Å². The van der Waals surface area contributed by atoms with Crippen molar-refractivity contribution in [3.05, 3.63) is 27.7 Å². The molecule has 0 radical (unpaired) electrons. The number of hydrogen-bond acceptors (Lipinski definition) is 3. The zero-order chi connectivity index (χ0) is 20.2. The number of anilines is 1. The number of carbonyl (C=O) groups is 1. The maximum atomic E-state index is 13.2. The molecule has 1 fully saturated rings. The van der Waals surface area contributed by atoms with Crippen LogP contribution >= 0.6 is 15.9 Å². The minimum atomic E-state index is -4.51. The van der Waals surface area contributed by atoms with Gasteiger partial charge in [-0.1, -0.05) is 6.92 Å². The first-order valence-electron chi connectivity index (χ1n) is 9.45. The van der Waals surface area contributed by atoms with Gasteiger partial charge in [0.1, 0.15) is 5.78 Å². The van der Waals surface area contributed by atoms with Crippen LogP contribution in [0.4, 0.5) is 18.9 Å². The van der Waals surface area contributed by atoms with Crippen molar-refractivity contribution in [1.82, 2.24) is 4.90 Å². The highest BCUT2D eigenvalue weighted by molar-refractivity contribution is 9.10. The van der Waals surface area contributed by atoms with Gasteiger partial charge < -0.3 is 10.6 Å². The second-order valence-corrected chi connectivity index (χ2v) is 8.57. The van der Waals surface area contributed by atoms with Crippen LogP contribution < -0.4 is 5.73 Å². The number of nitrogens with two attached hydrogens (primary N) is 1. The third-order valence-corrected chi connectivity index (χ3v) is 6.11.